The van der Waals surface area contributed by atoms with Crippen molar-refractivity contribution < 1.29 is 14.4 Å². The molecule has 2 rings (SSSR count). The van der Waals surface area contributed by atoms with Crippen molar-refractivity contribution >= 4 is 45.2 Å². The number of hydrogen-bond acceptors (Lipinski definition) is 6. The Morgan fingerprint density at radius 3 is 2.12 bits per heavy atom. The third-order valence-corrected chi connectivity index (χ3v) is 4.40. The molecule has 0 radical (unpaired) electrons. The van der Waals surface area contributed by atoms with Crippen LogP contribution in [0.4, 0.5) is 16.4 Å². The second-order valence-electron chi connectivity index (χ2n) is 5.12. The van der Waals surface area contributed by atoms with Crippen LogP contribution in [-0.2, 0) is 4.79 Å². The quantitative estimate of drug-likeness (QED) is 0.807. The first-order valence-electron chi connectivity index (χ1n) is 7.07. The van der Waals surface area contributed by atoms with Crippen LogP contribution in [0.1, 0.15) is 46.4 Å². The minimum atomic E-state index is -0.319. The Bertz CT molecular complexity index is 860. The molecule has 0 bridgehead atoms. The summed E-state index contributed by atoms with van der Waals surface area (Å²) in [5.41, 5.74) is 1.76. The zero-order valence-corrected chi connectivity index (χ0v) is 14.2. The summed E-state index contributed by atoms with van der Waals surface area (Å²) in [6, 6.07) is 8.72. The topological polar surface area (TPSA) is 99.1 Å². The van der Waals surface area contributed by atoms with Crippen molar-refractivity contribution in [2.24, 2.45) is 0 Å². The minimum Gasteiger partial charge on any atom is -0.353 e. The van der Waals surface area contributed by atoms with Gasteiger partial charge in [-0.3, -0.25) is 14.4 Å². The lowest BCUT2D eigenvalue weighted by Gasteiger charge is -2.08. The molecule has 0 aliphatic rings. The molecule has 0 unspecified atom stereocenters. The third kappa shape index (κ3) is 3.67. The number of nitriles is 1. The first kappa shape index (κ1) is 17.4. The molecule has 2 N–H and O–H groups in total. The van der Waals surface area contributed by atoms with Crippen molar-refractivity contribution in [3.63, 3.8) is 0 Å². The Kier molecular flexibility index (Phi) is 5.11. The van der Waals surface area contributed by atoms with Crippen molar-refractivity contribution in [1.82, 2.24) is 0 Å². The second kappa shape index (κ2) is 7.06. The predicted molar refractivity (Wildman–Crippen MR) is 93.1 cm³/mol. The van der Waals surface area contributed by atoms with Gasteiger partial charge in [0.2, 0.25) is 5.91 Å². The van der Waals surface area contributed by atoms with Gasteiger partial charge in [0, 0.05) is 25.1 Å². The van der Waals surface area contributed by atoms with E-state index in [2.05, 4.69) is 10.6 Å². The smallest absolute Gasteiger partial charge is 0.221 e. The number of carbonyl (C=O) groups is 3. The number of amides is 1. The van der Waals surface area contributed by atoms with E-state index in [1.165, 1.54) is 20.8 Å². The standard InChI is InChI=1S/C17H15N3O3S/c1-9(21)12-4-6-13(7-5-12)20-15-14(8-18)17(19-11(3)23)24-16(15)10(2)22/h4-7,20H,1-3H3,(H,19,23). The van der Waals surface area contributed by atoms with Crippen LogP contribution >= 0.6 is 11.3 Å². The fraction of sp³-hybridized carbons (Fsp3) is 0.176. The molecular formula is C17H15N3O3S. The molecule has 0 saturated carbocycles. The Morgan fingerprint density at radius 2 is 1.67 bits per heavy atom. The van der Waals surface area contributed by atoms with Crippen molar-refractivity contribution in [3.8, 4) is 6.07 Å². The number of nitrogens with one attached hydrogen (secondary N) is 2. The molecule has 7 heteroatoms. The maximum atomic E-state index is 11.9. The van der Waals surface area contributed by atoms with Crippen LogP contribution in [-0.4, -0.2) is 17.5 Å². The van der Waals surface area contributed by atoms with E-state index in [1.54, 1.807) is 24.3 Å². The van der Waals surface area contributed by atoms with Gasteiger partial charge in [-0.15, -0.1) is 11.3 Å². The van der Waals surface area contributed by atoms with Gasteiger partial charge in [-0.2, -0.15) is 5.26 Å². The zero-order valence-electron chi connectivity index (χ0n) is 13.4. The SMILES string of the molecule is CC(=O)Nc1sc(C(C)=O)c(Nc2ccc(C(C)=O)cc2)c1C#N. The molecule has 0 aliphatic heterocycles. The molecule has 1 aromatic carbocycles. The molecule has 2 aromatic rings. The van der Waals surface area contributed by atoms with E-state index in [0.29, 0.717) is 26.8 Å². The summed E-state index contributed by atoms with van der Waals surface area (Å²) in [6.07, 6.45) is 0. The Morgan fingerprint density at radius 1 is 1.04 bits per heavy atom. The molecule has 24 heavy (non-hydrogen) atoms. The highest BCUT2D eigenvalue weighted by Crippen LogP contribution is 2.39. The molecule has 0 saturated heterocycles. The largest absolute Gasteiger partial charge is 0.353 e. The molecule has 1 aromatic heterocycles. The van der Waals surface area contributed by atoms with Gasteiger partial charge in [-0.1, -0.05) is 0 Å². The maximum Gasteiger partial charge on any atom is 0.221 e. The van der Waals surface area contributed by atoms with Gasteiger partial charge in [0.1, 0.15) is 16.6 Å². The highest BCUT2D eigenvalue weighted by Gasteiger charge is 2.21. The number of benzene rings is 1. The Balaban J connectivity index is 2.46. The van der Waals surface area contributed by atoms with E-state index in [9.17, 15) is 19.6 Å². The molecule has 0 atom stereocenters. The number of thiophene rings is 1. The summed E-state index contributed by atoms with van der Waals surface area (Å²) in [7, 11) is 0. The van der Waals surface area contributed by atoms with Crippen LogP contribution in [0.25, 0.3) is 0 Å². The number of ketones is 2. The zero-order chi connectivity index (χ0) is 17.9. The second-order valence-corrected chi connectivity index (χ2v) is 6.14. The summed E-state index contributed by atoms with van der Waals surface area (Å²) >= 11 is 1.05. The number of nitrogens with zero attached hydrogens (tertiary/aromatic N) is 1. The van der Waals surface area contributed by atoms with Gasteiger partial charge in [0.05, 0.1) is 10.6 Å². The first-order valence-corrected chi connectivity index (χ1v) is 7.88. The summed E-state index contributed by atoms with van der Waals surface area (Å²) in [5, 5.41) is 15.4. The van der Waals surface area contributed by atoms with Crippen molar-refractivity contribution in [2.45, 2.75) is 20.8 Å². The lowest BCUT2D eigenvalue weighted by Crippen LogP contribution is -2.05. The molecule has 6 nitrogen and oxygen atoms in total. The number of Topliss-reactive ketones (excluding diaryl/α,β-unsaturated/α-hetero) is 2. The van der Waals surface area contributed by atoms with Crippen LogP contribution in [0.5, 0.6) is 0 Å². The summed E-state index contributed by atoms with van der Waals surface area (Å²) in [4.78, 5) is 34.8. The van der Waals surface area contributed by atoms with Crippen LogP contribution in [0.2, 0.25) is 0 Å². The van der Waals surface area contributed by atoms with Gasteiger partial charge in [0.15, 0.2) is 11.6 Å². The van der Waals surface area contributed by atoms with Gasteiger partial charge in [0.25, 0.3) is 0 Å². The van der Waals surface area contributed by atoms with E-state index in [4.69, 9.17) is 0 Å². The number of rotatable bonds is 5. The van der Waals surface area contributed by atoms with Crippen LogP contribution in [0.15, 0.2) is 24.3 Å². The van der Waals surface area contributed by atoms with E-state index in [0.717, 1.165) is 11.3 Å². The van der Waals surface area contributed by atoms with Crippen molar-refractivity contribution in [1.29, 1.82) is 5.26 Å². The molecule has 0 aliphatic carbocycles. The van der Waals surface area contributed by atoms with Crippen molar-refractivity contribution in [2.75, 3.05) is 10.6 Å². The van der Waals surface area contributed by atoms with Crippen LogP contribution in [0, 0.1) is 11.3 Å². The fourth-order valence-corrected chi connectivity index (χ4v) is 3.13. The Labute approximate surface area is 143 Å². The van der Waals surface area contributed by atoms with Gasteiger partial charge < -0.3 is 10.6 Å². The van der Waals surface area contributed by atoms with Gasteiger partial charge in [-0.05, 0) is 31.2 Å². The average molecular weight is 341 g/mol. The van der Waals surface area contributed by atoms with E-state index >= 15 is 0 Å². The number of hydrogen-bond donors (Lipinski definition) is 2. The minimum absolute atomic E-state index is 0.0489. The molecule has 1 heterocycles. The summed E-state index contributed by atoms with van der Waals surface area (Å²) < 4.78 is 0. The van der Waals surface area contributed by atoms with E-state index in [-0.39, 0.29) is 23.0 Å². The van der Waals surface area contributed by atoms with E-state index < -0.39 is 0 Å². The molecule has 0 fully saturated rings. The van der Waals surface area contributed by atoms with Gasteiger partial charge >= 0.3 is 0 Å². The van der Waals surface area contributed by atoms with Gasteiger partial charge in [-0.25, -0.2) is 0 Å². The molecule has 1 amide bonds. The Hall–Kier alpha value is -2.98. The summed E-state index contributed by atoms with van der Waals surface area (Å²) in [6.45, 7) is 4.21. The third-order valence-electron chi connectivity index (χ3n) is 3.19. The van der Waals surface area contributed by atoms with Crippen LogP contribution in [0.3, 0.4) is 0 Å². The lowest BCUT2D eigenvalue weighted by molar-refractivity contribution is -0.114. The number of carbonyl (C=O) groups excluding carboxylic acids is 3. The highest BCUT2D eigenvalue weighted by molar-refractivity contribution is 7.19. The summed E-state index contributed by atoms with van der Waals surface area (Å²) in [5.74, 6) is -0.580. The van der Waals surface area contributed by atoms with Crippen LogP contribution < -0.4 is 10.6 Å². The molecule has 0 spiro atoms. The molecular weight excluding hydrogens is 326 g/mol. The van der Waals surface area contributed by atoms with E-state index in [1.807, 2.05) is 6.07 Å². The highest BCUT2D eigenvalue weighted by atomic mass is 32.1. The predicted octanol–water partition coefficient (Wildman–Crippen LogP) is 3.73. The fourth-order valence-electron chi connectivity index (χ4n) is 2.09. The number of anilines is 3. The first-order chi connectivity index (χ1) is 11.3. The van der Waals surface area contributed by atoms with Crippen molar-refractivity contribution in [3.05, 3.63) is 40.3 Å². The lowest BCUT2D eigenvalue weighted by atomic mass is 10.1. The monoisotopic (exact) mass is 341 g/mol. The normalized spacial score (nSPS) is 9.92. The average Bonchev–Trinajstić information content (AvgIpc) is 2.84. The maximum absolute atomic E-state index is 11.9. The molecule has 122 valence electrons.